The molecule has 0 unspecified atom stereocenters. The summed E-state index contributed by atoms with van der Waals surface area (Å²) in [6.45, 7) is 0.569. The van der Waals surface area contributed by atoms with Crippen LogP contribution in [-0.4, -0.2) is 18.0 Å². The molecule has 126 valence electrons. The number of nitrogens with one attached hydrogen (secondary N) is 2. The van der Waals surface area contributed by atoms with Crippen LogP contribution in [0.15, 0.2) is 34.6 Å². The fourth-order valence-electron chi connectivity index (χ4n) is 1.84. The summed E-state index contributed by atoms with van der Waals surface area (Å²) < 4.78 is 37.5. The fourth-order valence-corrected chi connectivity index (χ4v) is 2.58. The lowest BCUT2D eigenvalue weighted by Gasteiger charge is -2.11. The number of guanidine groups is 1. The standard InChI is InChI=1S/C15H14F3N5S/c1-20-14(21-7-11-4-2-3-10(5-11)6-19)22-8-13-23-12(9-24-13)15(16,17)18/h2-5,9H,7-8H2,1H3,(H2,20,21,22). The number of hydrogen-bond acceptors (Lipinski definition) is 4. The summed E-state index contributed by atoms with van der Waals surface area (Å²) in [7, 11) is 1.56. The lowest BCUT2D eigenvalue weighted by atomic mass is 10.1. The predicted octanol–water partition coefficient (Wildman–Crippen LogP) is 2.90. The molecule has 1 aromatic heterocycles. The van der Waals surface area contributed by atoms with Crippen LogP contribution in [-0.2, 0) is 19.3 Å². The van der Waals surface area contributed by atoms with Crippen LogP contribution in [0.4, 0.5) is 13.2 Å². The Balaban J connectivity index is 1.89. The number of thiazole rings is 1. The molecule has 1 aromatic carbocycles. The van der Waals surface area contributed by atoms with Gasteiger partial charge in [-0.05, 0) is 17.7 Å². The van der Waals surface area contributed by atoms with E-state index in [1.165, 1.54) is 0 Å². The number of alkyl halides is 3. The maximum absolute atomic E-state index is 12.5. The van der Waals surface area contributed by atoms with Crippen molar-refractivity contribution in [2.45, 2.75) is 19.3 Å². The van der Waals surface area contributed by atoms with Crippen molar-refractivity contribution in [2.24, 2.45) is 4.99 Å². The summed E-state index contributed by atoms with van der Waals surface area (Å²) in [5, 5.41) is 16.1. The van der Waals surface area contributed by atoms with E-state index >= 15 is 0 Å². The predicted molar refractivity (Wildman–Crippen MR) is 85.3 cm³/mol. The van der Waals surface area contributed by atoms with E-state index in [9.17, 15) is 13.2 Å². The van der Waals surface area contributed by atoms with E-state index in [1.54, 1.807) is 25.2 Å². The first kappa shape index (κ1) is 17.7. The Morgan fingerprint density at radius 1 is 1.33 bits per heavy atom. The largest absolute Gasteiger partial charge is 0.434 e. The van der Waals surface area contributed by atoms with E-state index in [0.29, 0.717) is 23.1 Å². The highest BCUT2D eigenvalue weighted by molar-refractivity contribution is 7.09. The lowest BCUT2D eigenvalue weighted by Crippen LogP contribution is -2.36. The van der Waals surface area contributed by atoms with E-state index in [4.69, 9.17) is 5.26 Å². The molecular weight excluding hydrogens is 339 g/mol. The van der Waals surface area contributed by atoms with Gasteiger partial charge in [0, 0.05) is 19.0 Å². The van der Waals surface area contributed by atoms with Crippen LogP contribution in [0.25, 0.3) is 0 Å². The van der Waals surface area contributed by atoms with Crippen molar-refractivity contribution in [3.63, 3.8) is 0 Å². The molecule has 0 aliphatic carbocycles. The zero-order chi connectivity index (χ0) is 17.6. The first-order valence-electron chi connectivity index (χ1n) is 6.87. The second-order valence-corrected chi connectivity index (χ2v) is 5.66. The van der Waals surface area contributed by atoms with Gasteiger partial charge in [-0.1, -0.05) is 12.1 Å². The van der Waals surface area contributed by atoms with Gasteiger partial charge in [0.1, 0.15) is 5.01 Å². The third-order valence-corrected chi connectivity index (χ3v) is 3.84. The van der Waals surface area contributed by atoms with E-state index in [0.717, 1.165) is 22.3 Å². The van der Waals surface area contributed by atoms with Gasteiger partial charge in [0.25, 0.3) is 0 Å². The van der Waals surface area contributed by atoms with Crippen molar-refractivity contribution in [1.82, 2.24) is 15.6 Å². The SMILES string of the molecule is CN=C(NCc1cccc(C#N)c1)NCc1nc(C(F)(F)F)cs1. The highest BCUT2D eigenvalue weighted by Crippen LogP contribution is 2.29. The Morgan fingerprint density at radius 3 is 2.71 bits per heavy atom. The molecule has 0 fully saturated rings. The molecule has 0 aliphatic heterocycles. The number of nitriles is 1. The fraction of sp³-hybridized carbons (Fsp3) is 0.267. The smallest absolute Gasteiger partial charge is 0.352 e. The molecule has 1 heterocycles. The second-order valence-electron chi connectivity index (χ2n) is 4.72. The van der Waals surface area contributed by atoms with E-state index in [1.807, 2.05) is 6.07 Å². The van der Waals surface area contributed by atoms with Crippen molar-refractivity contribution in [1.29, 1.82) is 5.26 Å². The minimum atomic E-state index is -4.43. The van der Waals surface area contributed by atoms with Crippen molar-refractivity contribution in [3.8, 4) is 6.07 Å². The van der Waals surface area contributed by atoms with Gasteiger partial charge in [-0.2, -0.15) is 18.4 Å². The van der Waals surface area contributed by atoms with Gasteiger partial charge in [-0.15, -0.1) is 11.3 Å². The summed E-state index contributed by atoms with van der Waals surface area (Å²) in [5.41, 5.74) is 0.561. The molecule has 0 saturated carbocycles. The normalized spacial score (nSPS) is 11.9. The molecule has 2 N–H and O–H groups in total. The highest BCUT2D eigenvalue weighted by atomic mass is 32.1. The lowest BCUT2D eigenvalue weighted by molar-refractivity contribution is -0.140. The number of hydrogen-bond donors (Lipinski definition) is 2. The Hall–Kier alpha value is -2.60. The Labute approximate surface area is 140 Å². The topological polar surface area (TPSA) is 73.1 Å². The maximum atomic E-state index is 12.5. The second kappa shape index (κ2) is 7.79. The Bertz CT molecular complexity index is 761. The summed E-state index contributed by atoms with van der Waals surface area (Å²) in [6, 6.07) is 9.15. The molecule has 0 bridgehead atoms. The number of nitrogens with zero attached hydrogens (tertiary/aromatic N) is 3. The van der Waals surface area contributed by atoms with Gasteiger partial charge < -0.3 is 10.6 Å². The number of aromatic nitrogens is 1. The molecule has 0 saturated heterocycles. The van der Waals surface area contributed by atoms with Crippen LogP contribution in [0.1, 0.15) is 21.8 Å². The minimum absolute atomic E-state index is 0.138. The van der Waals surface area contributed by atoms with Crippen LogP contribution in [0.3, 0.4) is 0 Å². The van der Waals surface area contributed by atoms with Gasteiger partial charge in [-0.25, -0.2) is 4.98 Å². The monoisotopic (exact) mass is 353 g/mol. The highest BCUT2D eigenvalue weighted by Gasteiger charge is 2.33. The van der Waals surface area contributed by atoms with E-state index < -0.39 is 11.9 Å². The van der Waals surface area contributed by atoms with Gasteiger partial charge in [-0.3, -0.25) is 4.99 Å². The molecular formula is C15H14F3N5S. The molecule has 24 heavy (non-hydrogen) atoms. The number of halogens is 3. The van der Waals surface area contributed by atoms with Crippen LogP contribution in [0.5, 0.6) is 0 Å². The Morgan fingerprint density at radius 2 is 2.08 bits per heavy atom. The van der Waals surface area contributed by atoms with Gasteiger partial charge in [0.15, 0.2) is 11.7 Å². The van der Waals surface area contributed by atoms with Gasteiger partial charge >= 0.3 is 6.18 Å². The molecule has 9 heteroatoms. The number of aliphatic imine (C=N–C) groups is 1. The number of rotatable bonds is 4. The third-order valence-electron chi connectivity index (χ3n) is 2.99. The molecule has 0 radical (unpaired) electrons. The number of benzene rings is 1. The average molecular weight is 353 g/mol. The molecule has 0 aliphatic rings. The van der Waals surface area contributed by atoms with Crippen molar-refractivity contribution in [2.75, 3.05) is 7.05 Å². The molecule has 2 rings (SSSR count). The van der Waals surface area contributed by atoms with Crippen molar-refractivity contribution < 1.29 is 13.2 Å². The molecule has 5 nitrogen and oxygen atoms in total. The zero-order valence-corrected chi connectivity index (χ0v) is 13.5. The van der Waals surface area contributed by atoms with Crippen LogP contribution >= 0.6 is 11.3 Å². The quantitative estimate of drug-likeness (QED) is 0.655. The molecule has 2 aromatic rings. The maximum Gasteiger partial charge on any atom is 0.434 e. The summed E-state index contributed by atoms with van der Waals surface area (Å²) in [5.74, 6) is 0.432. The third kappa shape index (κ3) is 4.96. The van der Waals surface area contributed by atoms with E-state index in [2.05, 4.69) is 26.7 Å². The molecule has 0 atom stereocenters. The first-order valence-corrected chi connectivity index (χ1v) is 7.75. The first-order chi connectivity index (χ1) is 11.4. The zero-order valence-electron chi connectivity index (χ0n) is 12.7. The Kier molecular flexibility index (Phi) is 5.76. The summed E-state index contributed by atoms with van der Waals surface area (Å²) in [6.07, 6.45) is -4.43. The van der Waals surface area contributed by atoms with Gasteiger partial charge in [0.05, 0.1) is 18.2 Å². The summed E-state index contributed by atoms with van der Waals surface area (Å²) in [4.78, 5) is 7.54. The van der Waals surface area contributed by atoms with Crippen LogP contribution in [0, 0.1) is 11.3 Å². The molecule has 0 amide bonds. The minimum Gasteiger partial charge on any atom is -0.352 e. The van der Waals surface area contributed by atoms with Crippen LogP contribution in [0.2, 0.25) is 0 Å². The van der Waals surface area contributed by atoms with Crippen LogP contribution < -0.4 is 10.6 Å². The van der Waals surface area contributed by atoms with Gasteiger partial charge in [0.2, 0.25) is 0 Å². The van der Waals surface area contributed by atoms with E-state index in [-0.39, 0.29) is 6.54 Å². The van der Waals surface area contributed by atoms with Crippen molar-refractivity contribution in [3.05, 3.63) is 51.5 Å². The average Bonchev–Trinajstić information content (AvgIpc) is 3.04. The van der Waals surface area contributed by atoms with Crippen molar-refractivity contribution >= 4 is 17.3 Å². The molecule has 0 spiro atoms. The summed E-state index contributed by atoms with van der Waals surface area (Å²) >= 11 is 0.936.